The van der Waals surface area contributed by atoms with Crippen LogP contribution in [0.25, 0.3) is 22.3 Å². The number of carbonyl (C=O) groups excluding carboxylic acids is 1. The van der Waals surface area contributed by atoms with Gasteiger partial charge in [0.15, 0.2) is 11.0 Å². The fourth-order valence-corrected chi connectivity index (χ4v) is 5.67. The molecule has 2 aromatic heterocycles. The number of hydrogen-bond donors (Lipinski definition) is 2. The Morgan fingerprint density at radius 3 is 2.62 bits per heavy atom. The van der Waals surface area contributed by atoms with Crippen molar-refractivity contribution in [3.8, 4) is 29.0 Å². The summed E-state index contributed by atoms with van der Waals surface area (Å²) in [6, 6.07) is 19.5. The van der Waals surface area contributed by atoms with Gasteiger partial charge < -0.3 is 15.2 Å². The Hall–Kier alpha value is -5.30. The lowest BCUT2D eigenvalue weighted by Gasteiger charge is -2.13. The molecule has 1 aliphatic rings. The highest BCUT2D eigenvalue weighted by atomic mass is 19.1. The summed E-state index contributed by atoms with van der Waals surface area (Å²) in [5.41, 5.74) is 9.26. The van der Waals surface area contributed by atoms with E-state index in [1.807, 2.05) is 0 Å². The molecule has 0 bridgehead atoms. The number of aromatic nitrogens is 3. The lowest BCUT2D eigenvalue weighted by atomic mass is 10.0. The second kappa shape index (κ2) is 12.0. The smallest absolute Gasteiger partial charge is 0.259 e. The Balaban J connectivity index is 1.27. The first-order chi connectivity index (χ1) is 21.7. The number of amides is 1. The molecule has 10 heteroatoms. The fraction of sp³-hybridized carbons (Fsp3) is 0.257. The van der Waals surface area contributed by atoms with E-state index in [-0.39, 0.29) is 41.1 Å². The van der Waals surface area contributed by atoms with E-state index >= 15 is 8.78 Å². The molecule has 0 unspecified atom stereocenters. The van der Waals surface area contributed by atoms with E-state index in [1.54, 1.807) is 54.6 Å². The second-order valence-corrected chi connectivity index (χ2v) is 11.5. The SMILES string of the molecule is CCC1(C[n+]2c(Cc3cc(F)c(-c4cccc(OCc5ccc(C#N)cc5OC)n4)cc3F)[nH]c3ccc(C(N)=O)cc32)CC1. The standard InChI is InChI=1S/C35H31F2N5O3/c1-3-35(11-12-35)20-42-30-15-22(34(39)43)9-10-29(30)40-32(42)16-24-14-27(37)25(17-26(24)36)28-5-4-6-33(41-28)45-19-23-8-7-21(18-38)13-31(23)44-2/h4-10,13-15,17H,3,11-12,16,19-20H2,1-2H3,(H2,39,43)/p+1. The van der Waals surface area contributed by atoms with E-state index in [2.05, 4.69) is 27.5 Å². The maximum Gasteiger partial charge on any atom is 0.259 e. The zero-order valence-electron chi connectivity index (χ0n) is 25.0. The quantitative estimate of drug-likeness (QED) is 0.175. The summed E-state index contributed by atoms with van der Waals surface area (Å²) in [6.07, 6.45) is 3.29. The van der Waals surface area contributed by atoms with E-state index < -0.39 is 17.5 Å². The molecule has 3 N–H and O–H groups in total. The Kier molecular flexibility index (Phi) is 7.94. The first-order valence-electron chi connectivity index (χ1n) is 14.7. The normalized spacial score (nSPS) is 13.4. The fourth-order valence-electron chi connectivity index (χ4n) is 5.67. The molecule has 1 saturated carbocycles. The van der Waals surface area contributed by atoms with Gasteiger partial charge in [-0.2, -0.15) is 5.26 Å². The Morgan fingerprint density at radius 1 is 1.09 bits per heavy atom. The summed E-state index contributed by atoms with van der Waals surface area (Å²) in [4.78, 5) is 19.7. The second-order valence-electron chi connectivity index (χ2n) is 11.5. The summed E-state index contributed by atoms with van der Waals surface area (Å²) in [5, 5.41) is 9.13. The first-order valence-corrected chi connectivity index (χ1v) is 14.7. The van der Waals surface area contributed by atoms with Crippen molar-refractivity contribution in [2.75, 3.05) is 7.11 Å². The van der Waals surface area contributed by atoms with Crippen LogP contribution in [0.4, 0.5) is 8.78 Å². The molecule has 1 aliphatic carbocycles. The van der Waals surface area contributed by atoms with Crippen LogP contribution in [0.2, 0.25) is 0 Å². The molecule has 45 heavy (non-hydrogen) atoms. The van der Waals surface area contributed by atoms with E-state index in [9.17, 15) is 4.79 Å². The number of imidazole rings is 1. The third-order valence-corrected chi connectivity index (χ3v) is 8.66. The molecule has 0 saturated heterocycles. The van der Waals surface area contributed by atoms with Gasteiger partial charge in [-0.15, -0.1) is 0 Å². The van der Waals surface area contributed by atoms with Gasteiger partial charge in [-0.05, 0) is 61.7 Å². The van der Waals surface area contributed by atoms with Crippen LogP contribution in [-0.4, -0.2) is 23.0 Å². The highest BCUT2D eigenvalue weighted by Crippen LogP contribution is 2.49. The van der Waals surface area contributed by atoms with Gasteiger partial charge >= 0.3 is 0 Å². The maximum atomic E-state index is 15.6. The summed E-state index contributed by atoms with van der Waals surface area (Å²) in [5.74, 6) is -0.271. The molecule has 8 nitrogen and oxygen atoms in total. The Labute approximate surface area is 259 Å². The average molecular weight is 609 g/mol. The highest BCUT2D eigenvalue weighted by molar-refractivity contribution is 5.95. The number of benzene rings is 3. The number of primary amides is 1. The maximum absolute atomic E-state index is 15.6. The van der Waals surface area contributed by atoms with Crippen LogP contribution < -0.4 is 19.8 Å². The molecule has 0 aliphatic heterocycles. The van der Waals surface area contributed by atoms with E-state index in [1.165, 1.54) is 13.2 Å². The van der Waals surface area contributed by atoms with Crippen molar-refractivity contribution in [2.45, 2.75) is 45.8 Å². The first kappa shape index (κ1) is 29.8. The number of aromatic amines is 1. The summed E-state index contributed by atoms with van der Waals surface area (Å²) in [6.45, 7) is 2.96. The van der Waals surface area contributed by atoms with Crippen LogP contribution in [0.5, 0.6) is 11.6 Å². The van der Waals surface area contributed by atoms with Gasteiger partial charge in [0.1, 0.15) is 24.0 Å². The number of rotatable bonds is 11. The van der Waals surface area contributed by atoms with Crippen molar-refractivity contribution >= 4 is 16.9 Å². The average Bonchev–Trinajstić information content (AvgIpc) is 3.76. The van der Waals surface area contributed by atoms with Gasteiger partial charge in [0.05, 0.1) is 37.4 Å². The Morgan fingerprint density at radius 2 is 1.91 bits per heavy atom. The van der Waals surface area contributed by atoms with Crippen LogP contribution in [0.15, 0.2) is 66.7 Å². The molecule has 228 valence electrons. The van der Waals surface area contributed by atoms with Crippen molar-refractivity contribution < 1.29 is 27.6 Å². The van der Waals surface area contributed by atoms with Gasteiger partial charge in [-0.1, -0.05) is 19.1 Å². The number of H-pyrrole nitrogens is 1. The van der Waals surface area contributed by atoms with Crippen molar-refractivity contribution in [3.05, 3.63) is 106 Å². The molecule has 1 fully saturated rings. The molecule has 1 amide bonds. The number of nitrogens with two attached hydrogens (primary N) is 1. The minimum absolute atomic E-state index is 0.0104. The molecular formula is C35H32F2N5O3+. The van der Waals surface area contributed by atoms with Crippen molar-refractivity contribution in [2.24, 2.45) is 11.1 Å². The van der Waals surface area contributed by atoms with Crippen LogP contribution >= 0.6 is 0 Å². The number of ether oxygens (including phenoxy) is 2. The number of nitrogens with one attached hydrogen (secondary N) is 1. The van der Waals surface area contributed by atoms with Crippen LogP contribution in [-0.2, 0) is 19.6 Å². The van der Waals surface area contributed by atoms with Crippen LogP contribution in [0.3, 0.4) is 0 Å². The topological polar surface area (TPSA) is 118 Å². The largest absolute Gasteiger partial charge is 0.496 e. The van der Waals surface area contributed by atoms with Crippen molar-refractivity contribution in [3.63, 3.8) is 0 Å². The van der Waals surface area contributed by atoms with Gasteiger partial charge in [-0.3, -0.25) is 4.79 Å². The minimum Gasteiger partial charge on any atom is -0.496 e. The van der Waals surface area contributed by atoms with Gasteiger partial charge in [-0.25, -0.2) is 23.3 Å². The summed E-state index contributed by atoms with van der Waals surface area (Å²) >= 11 is 0. The zero-order chi connectivity index (χ0) is 31.7. The molecule has 0 atom stereocenters. The van der Waals surface area contributed by atoms with E-state index in [0.717, 1.165) is 36.4 Å². The molecule has 2 heterocycles. The Bertz CT molecular complexity index is 1980. The molecule has 5 aromatic rings. The van der Waals surface area contributed by atoms with Crippen molar-refractivity contribution in [1.82, 2.24) is 9.97 Å². The lowest BCUT2D eigenvalue weighted by Crippen LogP contribution is -2.41. The summed E-state index contributed by atoms with van der Waals surface area (Å²) in [7, 11) is 1.51. The number of nitriles is 1. The number of hydrogen-bond acceptors (Lipinski definition) is 5. The third kappa shape index (κ3) is 6.07. The predicted molar refractivity (Wildman–Crippen MR) is 163 cm³/mol. The number of methoxy groups -OCH3 is 1. The van der Waals surface area contributed by atoms with Crippen LogP contribution in [0.1, 0.15) is 59.1 Å². The monoisotopic (exact) mass is 608 g/mol. The number of pyridine rings is 1. The third-order valence-electron chi connectivity index (χ3n) is 8.66. The highest BCUT2D eigenvalue weighted by Gasteiger charge is 2.44. The minimum atomic E-state index is -0.615. The zero-order valence-corrected chi connectivity index (χ0v) is 25.0. The van der Waals surface area contributed by atoms with Gasteiger partial charge in [0.2, 0.25) is 11.8 Å². The lowest BCUT2D eigenvalue weighted by molar-refractivity contribution is -0.687. The van der Waals surface area contributed by atoms with Gasteiger partial charge in [0.25, 0.3) is 5.82 Å². The number of halogens is 2. The predicted octanol–water partition coefficient (Wildman–Crippen LogP) is 6.13. The molecule has 3 aromatic carbocycles. The van der Waals surface area contributed by atoms with Crippen LogP contribution in [0, 0.1) is 28.4 Å². The van der Waals surface area contributed by atoms with Gasteiger partial charge in [0, 0.05) is 39.8 Å². The van der Waals surface area contributed by atoms with E-state index in [4.69, 9.17) is 20.5 Å². The molecular weight excluding hydrogens is 576 g/mol. The van der Waals surface area contributed by atoms with E-state index in [0.29, 0.717) is 34.8 Å². The van der Waals surface area contributed by atoms with Crippen molar-refractivity contribution in [1.29, 1.82) is 5.26 Å². The number of nitrogens with zero attached hydrogens (tertiary/aromatic N) is 3. The molecule has 6 rings (SSSR count). The molecule has 0 radical (unpaired) electrons. The summed E-state index contributed by atoms with van der Waals surface area (Å²) < 4.78 is 44.5. The number of fused-ring (bicyclic) bond motifs is 1. The number of carbonyl (C=O) groups is 1. The molecule has 0 spiro atoms.